The SMILES string of the molecule is COc1cc(F)c2nccc(C(O)CN3CCC(NCc4ccc5c(n4)NC(=O)CS5)C(F)C3)c2c1. The van der Waals surface area contributed by atoms with Crippen LogP contribution in [0.15, 0.2) is 41.4 Å². The molecule has 3 unspecified atom stereocenters. The third kappa shape index (κ3) is 5.29. The number of likely N-dealkylation sites (tertiary alicyclic amines) is 1. The summed E-state index contributed by atoms with van der Waals surface area (Å²) in [6.07, 6.45) is -0.0500. The minimum atomic E-state index is -1.13. The first-order valence-electron chi connectivity index (χ1n) is 11.7. The molecule has 1 aromatic carbocycles. The molecule has 8 nitrogen and oxygen atoms in total. The number of methoxy groups -OCH3 is 1. The Morgan fingerprint density at radius 2 is 2.22 bits per heavy atom. The average molecular weight is 516 g/mol. The monoisotopic (exact) mass is 515 g/mol. The zero-order valence-electron chi connectivity index (χ0n) is 19.7. The van der Waals surface area contributed by atoms with Gasteiger partial charge in [0.05, 0.1) is 29.6 Å². The number of carbonyl (C=O) groups excluding carboxylic acids is 1. The maximum atomic E-state index is 15.0. The van der Waals surface area contributed by atoms with E-state index in [1.54, 1.807) is 12.1 Å². The van der Waals surface area contributed by atoms with E-state index < -0.39 is 18.1 Å². The highest BCUT2D eigenvalue weighted by Crippen LogP contribution is 2.31. The fourth-order valence-corrected chi connectivity index (χ4v) is 5.42. The Hall–Kier alpha value is -2.86. The van der Waals surface area contributed by atoms with E-state index in [2.05, 4.69) is 20.6 Å². The number of aliphatic hydroxyl groups excluding tert-OH is 1. The molecule has 36 heavy (non-hydrogen) atoms. The van der Waals surface area contributed by atoms with Crippen LogP contribution in [0, 0.1) is 5.82 Å². The van der Waals surface area contributed by atoms with Crippen LogP contribution in [0.4, 0.5) is 14.6 Å². The van der Waals surface area contributed by atoms with E-state index in [1.165, 1.54) is 31.1 Å². The number of alkyl halides is 1. The molecule has 2 aliphatic rings. The van der Waals surface area contributed by atoms with Gasteiger partial charge in [0.1, 0.15) is 23.3 Å². The summed E-state index contributed by atoms with van der Waals surface area (Å²) >= 11 is 1.45. The summed E-state index contributed by atoms with van der Waals surface area (Å²) in [5, 5.41) is 17.4. The lowest BCUT2D eigenvalue weighted by Gasteiger charge is -2.36. The molecule has 3 aromatic rings. The molecule has 0 saturated carbocycles. The standard InChI is InChI=1S/C25H27F2N5O3S/c1-35-15-8-17-16(4-6-28-24(17)18(26)9-15)21(33)12-32-7-5-20(19(27)11-32)29-10-14-2-3-22-25(30-14)31-23(34)13-36-22/h2-4,6,8-9,19-21,29,33H,5,7,10-13H2,1H3,(H,30,31,34). The fourth-order valence-electron chi connectivity index (χ4n) is 4.66. The number of pyridine rings is 2. The lowest BCUT2D eigenvalue weighted by atomic mass is 10.00. The number of benzene rings is 1. The molecule has 1 saturated heterocycles. The Bertz CT molecular complexity index is 1280. The van der Waals surface area contributed by atoms with E-state index in [0.717, 1.165) is 10.6 Å². The normalized spacial score (nSPS) is 21.2. The number of fused-ring (bicyclic) bond motifs is 2. The smallest absolute Gasteiger partial charge is 0.235 e. The third-order valence-corrected chi connectivity index (χ3v) is 7.58. The van der Waals surface area contributed by atoms with Gasteiger partial charge in [-0.1, -0.05) is 0 Å². The lowest BCUT2D eigenvalue weighted by molar-refractivity contribution is -0.113. The minimum absolute atomic E-state index is 0.0764. The van der Waals surface area contributed by atoms with Crippen LogP contribution in [-0.2, 0) is 11.3 Å². The molecule has 4 heterocycles. The van der Waals surface area contributed by atoms with Crippen LogP contribution in [0.1, 0.15) is 23.8 Å². The van der Waals surface area contributed by atoms with Gasteiger partial charge < -0.3 is 20.5 Å². The molecule has 11 heteroatoms. The number of hydrogen-bond donors (Lipinski definition) is 3. The molecule has 3 N–H and O–H groups in total. The maximum Gasteiger partial charge on any atom is 0.235 e. The second kappa shape index (κ2) is 10.6. The van der Waals surface area contributed by atoms with E-state index in [9.17, 15) is 14.3 Å². The number of halogens is 2. The van der Waals surface area contributed by atoms with Gasteiger partial charge in [0.15, 0.2) is 5.82 Å². The van der Waals surface area contributed by atoms with Crippen LogP contribution in [0.2, 0.25) is 0 Å². The molecule has 1 fully saturated rings. The number of hydrogen-bond acceptors (Lipinski definition) is 8. The number of β-amino-alcohol motifs (C(OH)–C–C–N with tert-alkyl or cyclic N) is 1. The van der Waals surface area contributed by atoms with Crippen LogP contribution in [-0.4, -0.2) is 70.6 Å². The van der Waals surface area contributed by atoms with Crippen molar-refractivity contribution in [2.45, 2.75) is 36.2 Å². The Kier molecular flexibility index (Phi) is 7.33. The van der Waals surface area contributed by atoms with Gasteiger partial charge in [-0.25, -0.2) is 13.8 Å². The highest BCUT2D eigenvalue weighted by molar-refractivity contribution is 8.00. The number of ether oxygens (including phenoxy) is 1. The van der Waals surface area contributed by atoms with E-state index in [-0.39, 0.29) is 30.6 Å². The van der Waals surface area contributed by atoms with Crippen molar-refractivity contribution in [3.05, 3.63) is 53.6 Å². The summed E-state index contributed by atoms with van der Waals surface area (Å²) in [5.74, 6) is 0.672. The number of aliphatic hydroxyl groups is 1. The maximum absolute atomic E-state index is 15.0. The van der Waals surface area contributed by atoms with E-state index in [0.29, 0.717) is 47.8 Å². The molecule has 3 atom stereocenters. The summed E-state index contributed by atoms with van der Waals surface area (Å²) < 4.78 is 34.6. The first-order valence-corrected chi connectivity index (χ1v) is 12.7. The van der Waals surface area contributed by atoms with Crippen molar-refractivity contribution < 1.29 is 23.4 Å². The number of aromatic nitrogens is 2. The van der Waals surface area contributed by atoms with E-state index >= 15 is 4.39 Å². The molecule has 2 aliphatic heterocycles. The molecule has 190 valence electrons. The summed E-state index contributed by atoms with van der Waals surface area (Å²) in [6.45, 7) is 1.37. The molecule has 0 spiro atoms. The highest BCUT2D eigenvalue weighted by Gasteiger charge is 2.30. The van der Waals surface area contributed by atoms with Crippen molar-refractivity contribution in [2.75, 3.05) is 37.8 Å². The Morgan fingerprint density at radius 1 is 1.36 bits per heavy atom. The second-order valence-corrected chi connectivity index (χ2v) is 9.98. The first kappa shape index (κ1) is 24.8. The van der Waals surface area contributed by atoms with Crippen LogP contribution in [0.25, 0.3) is 10.9 Å². The largest absolute Gasteiger partial charge is 0.497 e. The van der Waals surface area contributed by atoms with Crippen LogP contribution < -0.4 is 15.4 Å². The molecular formula is C25H27F2N5O3S. The molecule has 1 amide bonds. The number of carbonyl (C=O) groups is 1. The highest BCUT2D eigenvalue weighted by atomic mass is 32.2. The zero-order chi connectivity index (χ0) is 25.2. The molecular weight excluding hydrogens is 488 g/mol. The second-order valence-electron chi connectivity index (χ2n) is 8.96. The predicted octanol–water partition coefficient (Wildman–Crippen LogP) is 3.06. The van der Waals surface area contributed by atoms with Gasteiger partial charge >= 0.3 is 0 Å². The third-order valence-electron chi connectivity index (χ3n) is 6.53. The summed E-state index contributed by atoms with van der Waals surface area (Å²) in [6, 6.07) is 8.01. The van der Waals surface area contributed by atoms with Crippen LogP contribution >= 0.6 is 11.8 Å². The van der Waals surface area contributed by atoms with Crippen molar-refractivity contribution >= 4 is 34.4 Å². The first-order chi connectivity index (χ1) is 17.4. The van der Waals surface area contributed by atoms with Crippen LogP contribution in [0.3, 0.4) is 0 Å². The Balaban J connectivity index is 1.19. The number of anilines is 1. The fraction of sp³-hybridized carbons (Fsp3) is 0.400. The van der Waals surface area contributed by atoms with Gasteiger partial charge in [0.2, 0.25) is 5.91 Å². The van der Waals surface area contributed by atoms with Crippen molar-refractivity contribution in [1.29, 1.82) is 0 Å². The van der Waals surface area contributed by atoms with Crippen molar-refractivity contribution in [3.63, 3.8) is 0 Å². The molecule has 2 aromatic heterocycles. The summed E-state index contributed by atoms with van der Waals surface area (Å²) in [7, 11) is 1.45. The number of rotatable bonds is 7. The number of amides is 1. The van der Waals surface area contributed by atoms with Crippen molar-refractivity contribution in [1.82, 2.24) is 20.2 Å². The van der Waals surface area contributed by atoms with E-state index in [1.807, 2.05) is 17.0 Å². The van der Waals surface area contributed by atoms with Crippen LogP contribution in [0.5, 0.6) is 5.75 Å². The minimum Gasteiger partial charge on any atom is -0.497 e. The van der Waals surface area contributed by atoms with E-state index in [4.69, 9.17) is 4.74 Å². The van der Waals surface area contributed by atoms with Crippen molar-refractivity contribution in [3.8, 4) is 5.75 Å². The average Bonchev–Trinajstić information content (AvgIpc) is 2.87. The zero-order valence-corrected chi connectivity index (χ0v) is 20.5. The van der Waals surface area contributed by atoms with Crippen molar-refractivity contribution in [2.24, 2.45) is 0 Å². The Morgan fingerprint density at radius 3 is 3.03 bits per heavy atom. The molecule has 0 aliphatic carbocycles. The number of nitrogens with one attached hydrogen (secondary N) is 2. The summed E-state index contributed by atoms with van der Waals surface area (Å²) in [4.78, 5) is 23.0. The molecule has 5 rings (SSSR count). The molecule has 0 radical (unpaired) electrons. The van der Waals surface area contributed by atoms with Gasteiger partial charge in [-0.2, -0.15) is 0 Å². The predicted molar refractivity (Wildman–Crippen MR) is 133 cm³/mol. The van der Waals surface area contributed by atoms with Gasteiger partial charge in [-0.3, -0.25) is 14.7 Å². The van der Waals surface area contributed by atoms with Gasteiger partial charge in [-0.15, -0.1) is 11.8 Å². The van der Waals surface area contributed by atoms with Gasteiger partial charge in [0, 0.05) is 43.3 Å². The number of nitrogens with zero attached hydrogens (tertiary/aromatic N) is 3. The quantitative estimate of drug-likeness (QED) is 0.442. The lowest BCUT2D eigenvalue weighted by Crippen LogP contribution is -2.51. The number of thioether (sulfide) groups is 1. The summed E-state index contributed by atoms with van der Waals surface area (Å²) in [5.41, 5.74) is 1.42. The topological polar surface area (TPSA) is 99.6 Å². The molecule has 0 bridgehead atoms. The Labute approximate surface area is 211 Å². The van der Waals surface area contributed by atoms with Gasteiger partial charge in [0.25, 0.3) is 0 Å². The number of piperidine rings is 1. The van der Waals surface area contributed by atoms with Gasteiger partial charge in [-0.05, 0) is 42.8 Å².